The number of carbonyl (C=O) groups excluding carboxylic acids is 1. The van der Waals surface area contributed by atoms with E-state index in [1.165, 1.54) is 0 Å². The van der Waals surface area contributed by atoms with E-state index in [0.717, 1.165) is 43.9 Å². The van der Waals surface area contributed by atoms with Gasteiger partial charge >= 0.3 is 0 Å². The molecule has 0 aromatic carbocycles. The van der Waals surface area contributed by atoms with Crippen molar-refractivity contribution in [2.24, 2.45) is 0 Å². The number of rotatable bonds is 2. The number of Topliss-reactive ketones (excluding diaryl/α,β-unsaturated/α-hetero) is 1. The van der Waals surface area contributed by atoms with Crippen LogP contribution >= 0.6 is 0 Å². The van der Waals surface area contributed by atoms with E-state index >= 15 is 0 Å². The van der Waals surface area contributed by atoms with Crippen molar-refractivity contribution in [2.75, 3.05) is 19.7 Å². The van der Waals surface area contributed by atoms with Gasteiger partial charge in [0.05, 0.1) is 17.9 Å². The Morgan fingerprint density at radius 2 is 2.14 bits per heavy atom. The van der Waals surface area contributed by atoms with Crippen LogP contribution in [0.1, 0.15) is 61.1 Å². The fourth-order valence-electron chi connectivity index (χ4n) is 3.02. The van der Waals surface area contributed by atoms with E-state index in [4.69, 9.17) is 4.74 Å². The molecule has 0 radical (unpaired) electrons. The SMILES string of the molecule is CC(C)N1CCOC(c2ncc3c(n2)CCCCC3=O)C1. The van der Waals surface area contributed by atoms with Crippen molar-refractivity contribution >= 4 is 5.78 Å². The highest BCUT2D eigenvalue weighted by Gasteiger charge is 2.27. The second kappa shape index (κ2) is 6.20. The Morgan fingerprint density at radius 3 is 2.95 bits per heavy atom. The lowest BCUT2D eigenvalue weighted by molar-refractivity contribution is -0.0443. The van der Waals surface area contributed by atoms with Gasteiger partial charge in [-0.15, -0.1) is 0 Å². The summed E-state index contributed by atoms with van der Waals surface area (Å²) in [6, 6.07) is 0.499. The molecule has 5 nitrogen and oxygen atoms in total. The lowest BCUT2D eigenvalue weighted by Gasteiger charge is -2.34. The highest BCUT2D eigenvalue weighted by atomic mass is 16.5. The van der Waals surface area contributed by atoms with Crippen LogP contribution in [0.3, 0.4) is 0 Å². The number of hydrogen-bond acceptors (Lipinski definition) is 5. The molecule has 21 heavy (non-hydrogen) atoms. The maximum atomic E-state index is 12.0. The van der Waals surface area contributed by atoms with Gasteiger partial charge in [0.1, 0.15) is 6.10 Å². The van der Waals surface area contributed by atoms with Gasteiger partial charge in [0.25, 0.3) is 0 Å². The number of carbonyl (C=O) groups is 1. The predicted octanol–water partition coefficient (Wildman–Crippen LogP) is 2.17. The minimum absolute atomic E-state index is 0.0789. The van der Waals surface area contributed by atoms with Gasteiger partial charge in [0, 0.05) is 31.7 Å². The van der Waals surface area contributed by atoms with Crippen molar-refractivity contribution in [2.45, 2.75) is 51.7 Å². The predicted molar refractivity (Wildman–Crippen MR) is 79.3 cm³/mol. The van der Waals surface area contributed by atoms with Crippen molar-refractivity contribution in [1.29, 1.82) is 0 Å². The number of morpholine rings is 1. The topological polar surface area (TPSA) is 55.3 Å². The molecule has 1 aromatic rings. The van der Waals surface area contributed by atoms with Crippen LogP contribution < -0.4 is 0 Å². The molecule has 0 bridgehead atoms. The monoisotopic (exact) mass is 289 g/mol. The summed E-state index contributed by atoms with van der Waals surface area (Å²) in [4.78, 5) is 23.5. The molecule has 0 N–H and O–H groups in total. The molecule has 0 saturated carbocycles. The van der Waals surface area contributed by atoms with Gasteiger partial charge in [-0.05, 0) is 33.1 Å². The summed E-state index contributed by atoms with van der Waals surface area (Å²) in [5.41, 5.74) is 1.63. The van der Waals surface area contributed by atoms with Gasteiger partial charge < -0.3 is 4.74 Å². The number of ether oxygens (including phenoxy) is 1. The number of aromatic nitrogens is 2. The Hall–Kier alpha value is -1.33. The van der Waals surface area contributed by atoms with Crippen LogP contribution in [-0.2, 0) is 11.2 Å². The number of fused-ring (bicyclic) bond motifs is 1. The summed E-state index contributed by atoms with van der Waals surface area (Å²) in [6.45, 7) is 6.88. The molecule has 0 spiro atoms. The van der Waals surface area contributed by atoms with Gasteiger partial charge in [-0.3, -0.25) is 9.69 Å². The van der Waals surface area contributed by atoms with E-state index in [0.29, 0.717) is 24.6 Å². The van der Waals surface area contributed by atoms with E-state index in [1.807, 2.05) is 0 Å². The third kappa shape index (κ3) is 3.14. The normalized spacial score (nSPS) is 24.0. The summed E-state index contributed by atoms with van der Waals surface area (Å²) < 4.78 is 5.84. The number of nitrogens with zero attached hydrogens (tertiary/aromatic N) is 3. The highest BCUT2D eigenvalue weighted by Crippen LogP contribution is 2.24. The number of hydrogen-bond donors (Lipinski definition) is 0. The molecule has 114 valence electrons. The Kier molecular flexibility index (Phi) is 4.31. The first kappa shape index (κ1) is 14.6. The Labute approximate surface area is 125 Å². The van der Waals surface area contributed by atoms with Gasteiger partial charge in [0.15, 0.2) is 11.6 Å². The minimum atomic E-state index is -0.0789. The average Bonchev–Trinajstić information content (AvgIpc) is 2.69. The summed E-state index contributed by atoms with van der Waals surface area (Å²) in [5, 5.41) is 0. The standard InChI is InChI=1S/C16H23N3O2/c1-11(2)19-7-8-21-15(10-19)16-17-9-12-13(18-16)5-3-4-6-14(12)20/h9,11,15H,3-8,10H2,1-2H3. The van der Waals surface area contributed by atoms with Crippen LogP contribution in [-0.4, -0.2) is 46.4 Å². The molecule has 2 aliphatic rings. The molecule has 1 aliphatic carbocycles. The van der Waals surface area contributed by atoms with Crippen LogP contribution in [0.4, 0.5) is 0 Å². The zero-order valence-electron chi connectivity index (χ0n) is 12.8. The van der Waals surface area contributed by atoms with E-state index in [1.54, 1.807) is 6.20 Å². The lowest BCUT2D eigenvalue weighted by atomic mass is 10.1. The largest absolute Gasteiger partial charge is 0.368 e. The first-order valence-corrected chi connectivity index (χ1v) is 7.90. The first-order valence-electron chi connectivity index (χ1n) is 7.90. The van der Waals surface area contributed by atoms with E-state index in [9.17, 15) is 4.79 Å². The zero-order chi connectivity index (χ0) is 14.8. The van der Waals surface area contributed by atoms with E-state index in [-0.39, 0.29) is 11.9 Å². The highest BCUT2D eigenvalue weighted by molar-refractivity contribution is 5.97. The quantitative estimate of drug-likeness (QED) is 0.781. The second-order valence-corrected chi connectivity index (χ2v) is 6.17. The summed E-state index contributed by atoms with van der Waals surface area (Å²) in [6.07, 6.45) is 5.10. The molecule has 1 atom stereocenters. The molecule has 1 aliphatic heterocycles. The maximum Gasteiger partial charge on any atom is 0.166 e. The second-order valence-electron chi connectivity index (χ2n) is 6.17. The third-order valence-electron chi connectivity index (χ3n) is 4.37. The van der Waals surface area contributed by atoms with Gasteiger partial charge in [-0.1, -0.05) is 0 Å². The molecule has 1 aromatic heterocycles. The van der Waals surface area contributed by atoms with Crippen molar-refractivity contribution in [3.05, 3.63) is 23.3 Å². The average molecular weight is 289 g/mol. The molecule has 0 amide bonds. The van der Waals surface area contributed by atoms with Crippen molar-refractivity contribution in [3.8, 4) is 0 Å². The van der Waals surface area contributed by atoms with Crippen LogP contribution in [0.5, 0.6) is 0 Å². The zero-order valence-corrected chi connectivity index (χ0v) is 12.8. The Bertz CT molecular complexity index is 530. The molecule has 1 unspecified atom stereocenters. The van der Waals surface area contributed by atoms with Crippen molar-refractivity contribution in [1.82, 2.24) is 14.9 Å². The summed E-state index contributed by atoms with van der Waals surface area (Å²) in [7, 11) is 0. The van der Waals surface area contributed by atoms with Gasteiger partial charge in [0.2, 0.25) is 0 Å². The summed E-state index contributed by atoms with van der Waals surface area (Å²) >= 11 is 0. The summed E-state index contributed by atoms with van der Waals surface area (Å²) in [5.74, 6) is 0.913. The molecule has 2 heterocycles. The van der Waals surface area contributed by atoms with Crippen LogP contribution in [0.2, 0.25) is 0 Å². The molecule has 5 heteroatoms. The maximum absolute atomic E-state index is 12.0. The van der Waals surface area contributed by atoms with E-state index in [2.05, 4.69) is 28.7 Å². The molecular weight excluding hydrogens is 266 g/mol. The number of aryl methyl sites for hydroxylation is 1. The smallest absolute Gasteiger partial charge is 0.166 e. The lowest BCUT2D eigenvalue weighted by Crippen LogP contribution is -2.42. The molecule has 1 saturated heterocycles. The fourth-order valence-corrected chi connectivity index (χ4v) is 3.02. The van der Waals surface area contributed by atoms with Crippen LogP contribution in [0.15, 0.2) is 6.20 Å². The number of ketones is 1. The molecule has 3 rings (SSSR count). The Balaban J connectivity index is 1.83. The Morgan fingerprint density at radius 1 is 1.33 bits per heavy atom. The first-order chi connectivity index (χ1) is 10.1. The van der Waals surface area contributed by atoms with E-state index < -0.39 is 0 Å². The third-order valence-corrected chi connectivity index (χ3v) is 4.37. The molecule has 1 fully saturated rings. The van der Waals surface area contributed by atoms with Crippen molar-refractivity contribution in [3.63, 3.8) is 0 Å². The molecular formula is C16H23N3O2. The van der Waals surface area contributed by atoms with Gasteiger partial charge in [-0.25, -0.2) is 9.97 Å². The fraction of sp³-hybridized carbons (Fsp3) is 0.688. The van der Waals surface area contributed by atoms with Crippen LogP contribution in [0.25, 0.3) is 0 Å². The van der Waals surface area contributed by atoms with Crippen molar-refractivity contribution < 1.29 is 9.53 Å². The van der Waals surface area contributed by atoms with Crippen LogP contribution in [0, 0.1) is 0 Å². The minimum Gasteiger partial charge on any atom is -0.368 e. The van der Waals surface area contributed by atoms with Gasteiger partial charge in [-0.2, -0.15) is 0 Å².